The number of hydrogen-bond donors (Lipinski definition) is 1. The average molecular weight is 415 g/mol. The quantitative estimate of drug-likeness (QED) is 0.821. The van der Waals surface area contributed by atoms with Gasteiger partial charge < -0.3 is 19.9 Å². The van der Waals surface area contributed by atoms with Crippen molar-refractivity contribution in [3.63, 3.8) is 0 Å². The molecule has 164 valence electrons. The van der Waals surface area contributed by atoms with Gasteiger partial charge in [0.1, 0.15) is 0 Å². The van der Waals surface area contributed by atoms with Crippen molar-refractivity contribution in [3.05, 3.63) is 29.6 Å². The number of amides is 3. The molecule has 1 aliphatic carbocycles. The molecule has 1 unspecified atom stereocenters. The summed E-state index contributed by atoms with van der Waals surface area (Å²) in [5, 5.41) is 3.09. The third-order valence-corrected chi connectivity index (χ3v) is 6.65. The Kier molecular flexibility index (Phi) is 6.00. The minimum Gasteiger partial charge on any atom is -0.375 e. The van der Waals surface area contributed by atoms with Crippen molar-refractivity contribution in [1.82, 2.24) is 20.1 Å². The van der Waals surface area contributed by atoms with E-state index >= 15 is 0 Å². The lowest BCUT2D eigenvalue weighted by molar-refractivity contribution is -0.126. The molecule has 1 spiro atoms. The van der Waals surface area contributed by atoms with Gasteiger partial charge in [-0.1, -0.05) is 0 Å². The Morgan fingerprint density at radius 2 is 1.97 bits per heavy atom. The summed E-state index contributed by atoms with van der Waals surface area (Å²) in [7, 11) is 0. The number of hydrogen-bond acceptors (Lipinski definition) is 4. The van der Waals surface area contributed by atoms with E-state index in [4.69, 9.17) is 4.74 Å². The van der Waals surface area contributed by atoms with Gasteiger partial charge >= 0.3 is 6.03 Å². The first-order valence-electron chi connectivity index (χ1n) is 11.3. The van der Waals surface area contributed by atoms with Crippen molar-refractivity contribution in [2.45, 2.75) is 83.0 Å². The SMILES string of the molecule is Cc1ncccc1C(=O)N1CCC2(CC1)CC(N(C(=O)NC(C)C)C1CC1)CCO2. The fourth-order valence-electron chi connectivity index (χ4n) is 4.89. The maximum absolute atomic E-state index is 12.9. The predicted octanol–water partition coefficient (Wildman–Crippen LogP) is 3.13. The minimum absolute atomic E-state index is 0.0544. The average Bonchev–Trinajstić information content (AvgIpc) is 3.53. The van der Waals surface area contributed by atoms with Crippen molar-refractivity contribution < 1.29 is 14.3 Å². The molecule has 4 rings (SSSR count). The van der Waals surface area contributed by atoms with Gasteiger partial charge in [-0.05, 0) is 71.4 Å². The Morgan fingerprint density at radius 3 is 2.60 bits per heavy atom. The number of carbonyl (C=O) groups excluding carboxylic acids is 2. The Balaban J connectivity index is 1.40. The molecular formula is C23H34N4O3. The van der Waals surface area contributed by atoms with E-state index < -0.39 is 0 Å². The smallest absolute Gasteiger partial charge is 0.318 e. The molecule has 1 atom stereocenters. The molecule has 1 saturated carbocycles. The Hall–Kier alpha value is -2.15. The summed E-state index contributed by atoms with van der Waals surface area (Å²) in [5.74, 6) is 0.0544. The van der Waals surface area contributed by atoms with Crippen molar-refractivity contribution in [2.75, 3.05) is 19.7 Å². The van der Waals surface area contributed by atoms with E-state index in [1.54, 1.807) is 6.20 Å². The minimum atomic E-state index is -0.227. The molecule has 7 nitrogen and oxygen atoms in total. The number of aromatic nitrogens is 1. The standard InChI is InChI=1S/C23H34N4O3/c1-16(2)25-22(29)27(18-6-7-18)19-8-14-30-23(15-19)9-12-26(13-10-23)21(28)20-5-4-11-24-17(20)3/h4-5,11,16,18-19H,6-10,12-15H2,1-3H3,(H,25,29). The van der Waals surface area contributed by atoms with Crippen LogP contribution in [-0.4, -0.2) is 70.1 Å². The van der Waals surface area contributed by atoms with Gasteiger partial charge in [0.15, 0.2) is 0 Å². The predicted molar refractivity (Wildman–Crippen MR) is 114 cm³/mol. The van der Waals surface area contributed by atoms with Gasteiger partial charge in [-0.25, -0.2) is 4.79 Å². The largest absolute Gasteiger partial charge is 0.375 e. The first kappa shape index (κ1) is 21.1. The fraction of sp³-hybridized carbons (Fsp3) is 0.696. The molecule has 0 aromatic carbocycles. The number of ether oxygens (including phenoxy) is 1. The van der Waals surface area contributed by atoms with Crippen LogP contribution in [0.3, 0.4) is 0 Å². The number of aryl methyl sites for hydroxylation is 1. The van der Waals surface area contributed by atoms with Gasteiger partial charge in [0.2, 0.25) is 0 Å². The molecule has 7 heteroatoms. The summed E-state index contributed by atoms with van der Waals surface area (Å²) in [6.45, 7) is 7.93. The fourth-order valence-corrected chi connectivity index (χ4v) is 4.89. The number of rotatable bonds is 4. The second-order valence-electron chi connectivity index (χ2n) is 9.35. The highest BCUT2D eigenvalue weighted by Gasteiger charge is 2.46. The van der Waals surface area contributed by atoms with Crippen LogP contribution in [0.25, 0.3) is 0 Å². The number of nitrogens with zero attached hydrogens (tertiary/aromatic N) is 3. The number of pyridine rings is 1. The lowest BCUT2D eigenvalue weighted by atomic mass is 9.81. The highest BCUT2D eigenvalue weighted by molar-refractivity contribution is 5.95. The maximum atomic E-state index is 12.9. The van der Waals surface area contributed by atoms with Crippen LogP contribution in [-0.2, 0) is 4.74 Å². The van der Waals surface area contributed by atoms with Crippen molar-refractivity contribution in [1.29, 1.82) is 0 Å². The molecule has 3 amide bonds. The molecule has 2 aliphatic heterocycles. The zero-order chi connectivity index (χ0) is 21.3. The second-order valence-corrected chi connectivity index (χ2v) is 9.35. The van der Waals surface area contributed by atoms with Crippen LogP contribution in [0, 0.1) is 6.92 Å². The summed E-state index contributed by atoms with van der Waals surface area (Å²) < 4.78 is 6.30. The van der Waals surface area contributed by atoms with Crippen LogP contribution in [0.1, 0.15) is 68.4 Å². The second kappa shape index (κ2) is 8.53. The molecule has 3 aliphatic rings. The monoisotopic (exact) mass is 414 g/mol. The van der Waals surface area contributed by atoms with Crippen LogP contribution < -0.4 is 5.32 Å². The van der Waals surface area contributed by atoms with Gasteiger partial charge in [-0.2, -0.15) is 0 Å². The molecule has 3 heterocycles. The number of nitrogens with one attached hydrogen (secondary N) is 1. The van der Waals surface area contributed by atoms with Crippen LogP contribution in [0.15, 0.2) is 18.3 Å². The van der Waals surface area contributed by atoms with E-state index in [2.05, 4.69) is 15.2 Å². The first-order valence-corrected chi connectivity index (χ1v) is 11.3. The number of carbonyl (C=O) groups is 2. The molecule has 3 fully saturated rings. The van der Waals surface area contributed by atoms with Gasteiger partial charge in [-0.3, -0.25) is 9.78 Å². The molecule has 0 radical (unpaired) electrons. The van der Waals surface area contributed by atoms with Crippen LogP contribution >= 0.6 is 0 Å². The van der Waals surface area contributed by atoms with E-state index in [1.165, 1.54) is 0 Å². The van der Waals surface area contributed by atoms with Crippen molar-refractivity contribution in [2.24, 2.45) is 0 Å². The Labute approximate surface area is 179 Å². The van der Waals surface area contributed by atoms with Crippen molar-refractivity contribution >= 4 is 11.9 Å². The highest BCUT2D eigenvalue weighted by Crippen LogP contribution is 2.40. The lowest BCUT2D eigenvalue weighted by Crippen LogP contribution is -2.57. The molecule has 1 aromatic rings. The summed E-state index contributed by atoms with van der Waals surface area (Å²) in [6, 6.07) is 4.46. The van der Waals surface area contributed by atoms with Gasteiger partial charge in [0.05, 0.1) is 11.2 Å². The van der Waals surface area contributed by atoms with E-state index in [1.807, 2.05) is 37.8 Å². The summed E-state index contributed by atoms with van der Waals surface area (Å²) in [6.07, 6.45) is 7.31. The van der Waals surface area contributed by atoms with Gasteiger partial charge in [0, 0.05) is 49.7 Å². The van der Waals surface area contributed by atoms with Crippen LogP contribution in [0.5, 0.6) is 0 Å². The highest BCUT2D eigenvalue weighted by atomic mass is 16.5. The molecule has 2 saturated heterocycles. The van der Waals surface area contributed by atoms with Crippen molar-refractivity contribution in [3.8, 4) is 0 Å². The van der Waals surface area contributed by atoms with Crippen LogP contribution in [0.4, 0.5) is 4.79 Å². The summed E-state index contributed by atoms with van der Waals surface area (Å²) in [5.41, 5.74) is 1.23. The maximum Gasteiger partial charge on any atom is 0.318 e. The first-order chi connectivity index (χ1) is 14.4. The van der Waals surface area contributed by atoms with E-state index in [9.17, 15) is 9.59 Å². The number of urea groups is 1. The topological polar surface area (TPSA) is 74.8 Å². The molecule has 1 N–H and O–H groups in total. The van der Waals surface area contributed by atoms with E-state index in [0.717, 1.165) is 44.2 Å². The summed E-state index contributed by atoms with van der Waals surface area (Å²) >= 11 is 0. The molecule has 1 aromatic heterocycles. The summed E-state index contributed by atoms with van der Waals surface area (Å²) in [4.78, 5) is 34.1. The zero-order valence-electron chi connectivity index (χ0n) is 18.4. The zero-order valence-corrected chi connectivity index (χ0v) is 18.4. The van der Waals surface area contributed by atoms with E-state index in [0.29, 0.717) is 31.3 Å². The third kappa shape index (κ3) is 4.46. The lowest BCUT2D eigenvalue weighted by Gasteiger charge is -2.48. The normalized spacial score (nSPS) is 23.5. The van der Waals surface area contributed by atoms with Crippen LogP contribution in [0.2, 0.25) is 0 Å². The van der Waals surface area contributed by atoms with Gasteiger partial charge in [0.25, 0.3) is 5.91 Å². The molecular weight excluding hydrogens is 380 g/mol. The Bertz CT molecular complexity index is 784. The Morgan fingerprint density at radius 1 is 1.23 bits per heavy atom. The van der Waals surface area contributed by atoms with E-state index in [-0.39, 0.29) is 29.6 Å². The third-order valence-electron chi connectivity index (χ3n) is 6.65. The molecule has 30 heavy (non-hydrogen) atoms. The number of piperidine rings is 1. The molecule has 0 bridgehead atoms. The van der Waals surface area contributed by atoms with Gasteiger partial charge in [-0.15, -0.1) is 0 Å². The number of likely N-dealkylation sites (tertiary alicyclic amines) is 1.